The monoisotopic (exact) mass is 380 g/mol. The lowest BCUT2D eigenvalue weighted by molar-refractivity contribution is 0.749. The summed E-state index contributed by atoms with van der Waals surface area (Å²) in [6.07, 6.45) is 2.84. The molecule has 3 aromatic rings. The predicted molar refractivity (Wildman–Crippen MR) is 101 cm³/mol. The summed E-state index contributed by atoms with van der Waals surface area (Å²) < 4.78 is 1.05. The second-order valence-corrected chi connectivity index (χ2v) is 6.84. The first-order valence-electron chi connectivity index (χ1n) is 7.93. The van der Waals surface area contributed by atoms with Gasteiger partial charge in [0.05, 0.1) is 0 Å². The normalized spacial score (nSPS) is 16.1. The lowest BCUT2D eigenvalue weighted by atomic mass is 10.1. The van der Waals surface area contributed by atoms with E-state index in [2.05, 4.69) is 62.3 Å². The number of halogens is 1. The number of para-hydroxylation sites is 1. The van der Waals surface area contributed by atoms with Crippen LogP contribution in [0.1, 0.15) is 12.5 Å². The molecule has 2 heterocycles. The van der Waals surface area contributed by atoms with Gasteiger partial charge in [0.15, 0.2) is 0 Å². The third kappa shape index (κ3) is 2.87. The van der Waals surface area contributed by atoms with Crippen molar-refractivity contribution in [3.8, 4) is 0 Å². The first kappa shape index (κ1) is 15.1. The lowest BCUT2D eigenvalue weighted by Gasteiger charge is -2.24. The van der Waals surface area contributed by atoms with Gasteiger partial charge in [-0.25, -0.2) is 4.98 Å². The average molecular weight is 381 g/mol. The highest BCUT2D eigenvalue weighted by Crippen LogP contribution is 2.37. The molecular formula is C19H17BrN4. The van der Waals surface area contributed by atoms with Crippen LogP contribution in [0, 0.1) is 0 Å². The molecule has 0 spiro atoms. The fraction of sp³-hybridized carbons (Fsp3) is 0.158. The van der Waals surface area contributed by atoms with Crippen LogP contribution in [0.4, 0.5) is 23.1 Å². The molecule has 2 aromatic carbocycles. The van der Waals surface area contributed by atoms with Crippen molar-refractivity contribution >= 4 is 39.1 Å². The minimum Gasteiger partial charge on any atom is -0.324 e. The summed E-state index contributed by atoms with van der Waals surface area (Å²) in [6.45, 7) is 2.23. The van der Waals surface area contributed by atoms with Crippen LogP contribution < -0.4 is 10.2 Å². The van der Waals surface area contributed by atoms with Gasteiger partial charge in [-0.2, -0.15) is 4.98 Å². The van der Waals surface area contributed by atoms with Gasteiger partial charge in [0.2, 0.25) is 5.95 Å². The van der Waals surface area contributed by atoms with Gasteiger partial charge in [0.25, 0.3) is 0 Å². The summed E-state index contributed by atoms with van der Waals surface area (Å²) in [5.41, 5.74) is 3.56. The molecule has 4 rings (SSSR count). The molecule has 5 heteroatoms. The van der Waals surface area contributed by atoms with E-state index in [1.54, 1.807) is 6.20 Å². The minimum absolute atomic E-state index is 0.387. The zero-order valence-corrected chi connectivity index (χ0v) is 14.9. The standard InChI is InChI=1S/C19H17BrN4/c1-13-12-14-4-2-3-5-17(14)24(13)18-10-11-21-19(23-18)22-16-8-6-15(20)7-9-16/h2-11,13H,12H2,1H3,(H,21,22,23). The van der Waals surface area contributed by atoms with E-state index < -0.39 is 0 Å². The Labute approximate surface area is 149 Å². The summed E-state index contributed by atoms with van der Waals surface area (Å²) in [5.74, 6) is 1.52. The third-order valence-corrected chi connectivity index (χ3v) is 4.72. The Kier molecular flexibility index (Phi) is 3.94. The Morgan fingerprint density at radius 3 is 2.71 bits per heavy atom. The Morgan fingerprint density at radius 2 is 1.88 bits per heavy atom. The van der Waals surface area contributed by atoms with Crippen LogP contribution in [-0.2, 0) is 6.42 Å². The molecule has 120 valence electrons. The zero-order valence-electron chi connectivity index (χ0n) is 13.3. The van der Waals surface area contributed by atoms with Gasteiger partial charge < -0.3 is 10.2 Å². The van der Waals surface area contributed by atoms with Gasteiger partial charge in [-0.15, -0.1) is 0 Å². The van der Waals surface area contributed by atoms with Crippen LogP contribution in [0.25, 0.3) is 0 Å². The number of benzene rings is 2. The molecule has 0 aliphatic carbocycles. The summed E-state index contributed by atoms with van der Waals surface area (Å²) in [6, 6.07) is 18.8. The van der Waals surface area contributed by atoms with Crippen LogP contribution in [0.3, 0.4) is 0 Å². The van der Waals surface area contributed by atoms with Gasteiger partial charge in [0.1, 0.15) is 5.82 Å². The van der Waals surface area contributed by atoms with E-state index in [1.807, 2.05) is 30.3 Å². The van der Waals surface area contributed by atoms with Gasteiger partial charge in [-0.1, -0.05) is 34.1 Å². The Balaban J connectivity index is 1.64. The molecule has 1 unspecified atom stereocenters. The van der Waals surface area contributed by atoms with Crippen molar-refractivity contribution in [3.63, 3.8) is 0 Å². The molecule has 0 bridgehead atoms. The largest absolute Gasteiger partial charge is 0.324 e. The molecule has 0 saturated carbocycles. The quantitative estimate of drug-likeness (QED) is 0.688. The average Bonchev–Trinajstić information content (AvgIpc) is 2.93. The summed E-state index contributed by atoms with van der Waals surface area (Å²) in [7, 11) is 0. The van der Waals surface area contributed by atoms with E-state index in [4.69, 9.17) is 4.98 Å². The minimum atomic E-state index is 0.387. The molecular weight excluding hydrogens is 364 g/mol. The van der Waals surface area contributed by atoms with Crippen molar-refractivity contribution in [2.75, 3.05) is 10.2 Å². The van der Waals surface area contributed by atoms with E-state index in [0.29, 0.717) is 12.0 Å². The molecule has 1 aromatic heterocycles. The van der Waals surface area contributed by atoms with Crippen molar-refractivity contribution in [2.45, 2.75) is 19.4 Å². The molecule has 0 amide bonds. The number of anilines is 4. The lowest BCUT2D eigenvalue weighted by Crippen LogP contribution is -2.25. The van der Waals surface area contributed by atoms with Crippen LogP contribution in [-0.4, -0.2) is 16.0 Å². The maximum absolute atomic E-state index is 4.71. The molecule has 0 saturated heterocycles. The van der Waals surface area contributed by atoms with E-state index in [1.165, 1.54) is 11.3 Å². The second-order valence-electron chi connectivity index (χ2n) is 5.92. The molecule has 24 heavy (non-hydrogen) atoms. The van der Waals surface area contributed by atoms with Crippen molar-refractivity contribution in [1.82, 2.24) is 9.97 Å². The van der Waals surface area contributed by atoms with Gasteiger partial charge in [0, 0.05) is 28.1 Å². The van der Waals surface area contributed by atoms with Crippen molar-refractivity contribution < 1.29 is 0 Å². The smallest absolute Gasteiger partial charge is 0.229 e. The van der Waals surface area contributed by atoms with E-state index in [0.717, 1.165) is 22.4 Å². The van der Waals surface area contributed by atoms with E-state index in [-0.39, 0.29) is 0 Å². The molecule has 1 aliphatic rings. The van der Waals surface area contributed by atoms with Crippen molar-refractivity contribution in [3.05, 3.63) is 70.8 Å². The third-order valence-electron chi connectivity index (χ3n) is 4.20. The maximum atomic E-state index is 4.71. The molecule has 1 aliphatic heterocycles. The first-order valence-corrected chi connectivity index (χ1v) is 8.73. The van der Waals surface area contributed by atoms with Gasteiger partial charge >= 0.3 is 0 Å². The number of fused-ring (bicyclic) bond motifs is 1. The Hall–Kier alpha value is -2.40. The number of hydrogen-bond acceptors (Lipinski definition) is 4. The van der Waals surface area contributed by atoms with Gasteiger partial charge in [-0.05, 0) is 55.3 Å². The van der Waals surface area contributed by atoms with Crippen LogP contribution in [0.5, 0.6) is 0 Å². The number of nitrogens with zero attached hydrogens (tertiary/aromatic N) is 3. The topological polar surface area (TPSA) is 41.1 Å². The summed E-state index contributed by atoms with van der Waals surface area (Å²) in [5, 5.41) is 3.26. The SMILES string of the molecule is CC1Cc2ccccc2N1c1ccnc(Nc2ccc(Br)cc2)n1. The molecule has 1 atom stereocenters. The number of nitrogens with one attached hydrogen (secondary N) is 1. The maximum Gasteiger partial charge on any atom is 0.229 e. The predicted octanol–water partition coefficient (Wildman–Crippen LogP) is 5.07. The molecule has 0 radical (unpaired) electrons. The summed E-state index contributed by atoms with van der Waals surface area (Å²) >= 11 is 3.44. The van der Waals surface area contributed by atoms with Crippen LogP contribution in [0.2, 0.25) is 0 Å². The highest BCUT2D eigenvalue weighted by Gasteiger charge is 2.27. The van der Waals surface area contributed by atoms with E-state index in [9.17, 15) is 0 Å². The van der Waals surface area contributed by atoms with Gasteiger partial charge in [-0.3, -0.25) is 0 Å². The number of aromatic nitrogens is 2. The highest BCUT2D eigenvalue weighted by atomic mass is 79.9. The molecule has 0 fully saturated rings. The first-order chi connectivity index (χ1) is 11.7. The second kappa shape index (κ2) is 6.24. The number of hydrogen-bond donors (Lipinski definition) is 1. The fourth-order valence-corrected chi connectivity index (χ4v) is 3.38. The van der Waals surface area contributed by atoms with Crippen molar-refractivity contribution in [1.29, 1.82) is 0 Å². The van der Waals surface area contributed by atoms with Crippen molar-refractivity contribution in [2.24, 2.45) is 0 Å². The highest BCUT2D eigenvalue weighted by molar-refractivity contribution is 9.10. The number of rotatable bonds is 3. The molecule has 4 nitrogen and oxygen atoms in total. The Morgan fingerprint density at radius 1 is 1.08 bits per heavy atom. The summed E-state index contributed by atoms with van der Waals surface area (Å²) in [4.78, 5) is 11.3. The fourth-order valence-electron chi connectivity index (χ4n) is 3.12. The molecule has 1 N–H and O–H groups in total. The van der Waals surface area contributed by atoms with Crippen LogP contribution >= 0.6 is 15.9 Å². The Bertz CT molecular complexity index is 863. The van der Waals surface area contributed by atoms with Crippen LogP contribution in [0.15, 0.2) is 65.3 Å². The zero-order chi connectivity index (χ0) is 16.5. The van der Waals surface area contributed by atoms with E-state index >= 15 is 0 Å².